The molecule has 1 rings (SSSR count). The summed E-state index contributed by atoms with van der Waals surface area (Å²) in [5.41, 5.74) is 6.65. The molecule has 0 spiro atoms. The van der Waals surface area contributed by atoms with Crippen LogP contribution in [0.1, 0.15) is 44.9 Å². The first kappa shape index (κ1) is 19.8. The molecule has 0 fully saturated rings. The van der Waals surface area contributed by atoms with Crippen LogP contribution in [0.2, 0.25) is 0 Å². The molecule has 0 amide bonds. The van der Waals surface area contributed by atoms with Crippen molar-refractivity contribution in [3.8, 4) is 0 Å². The van der Waals surface area contributed by atoms with E-state index in [1.54, 1.807) is 12.1 Å². The number of benzene rings is 1. The number of esters is 1. The lowest BCUT2D eigenvalue weighted by Crippen LogP contribution is -2.41. The average molecular weight is 322 g/mol. The van der Waals surface area contributed by atoms with Crippen LogP contribution >= 0.6 is 12.4 Å². The molecule has 0 aliphatic carbocycles. The van der Waals surface area contributed by atoms with Crippen LogP contribution in [0, 0.1) is 0 Å². The van der Waals surface area contributed by atoms with Crippen LogP contribution in [0.5, 0.6) is 0 Å². The summed E-state index contributed by atoms with van der Waals surface area (Å²) in [7, 11) is 0. The van der Waals surface area contributed by atoms with Gasteiger partial charge in [0.25, 0.3) is 0 Å². The van der Waals surface area contributed by atoms with Crippen LogP contribution < -0.4 is 5.73 Å². The lowest BCUT2D eigenvalue weighted by atomic mass is 9.86. The van der Waals surface area contributed by atoms with E-state index < -0.39 is 17.9 Å². The zero-order valence-electron chi connectivity index (χ0n) is 12.7. The van der Waals surface area contributed by atoms with E-state index in [1.807, 2.05) is 20.8 Å². The molecule has 0 heterocycles. The van der Waals surface area contributed by atoms with E-state index in [0.717, 1.165) is 5.56 Å². The van der Waals surface area contributed by atoms with Gasteiger partial charge < -0.3 is 10.5 Å². The number of hydrogen-bond acceptors (Lipinski definition) is 3. The Bertz CT molecular complexity index is 470. The predicted octanol–water partition coefficient (Wildman–Crippen LogP) is 3.60. The van der Waals surface area contributed by atoms with Gasteiger partial charge in [-0.3, -0.25) is 0 Å². The number of carbonyl (C=O) groups is 1. The van der Waals surface area contributed by atoms with Gasteiger partial charge in [-0.25, -0.2) is 4.79 Å². The quantitative estimate of drug-likeness (QED) is 0.862. The summed E-state index contributed by atoms with van der Waals surface area (Å²) in [6, 6.07) is 4.83. The highest BCUT2D eigenvalue weighted by Crippen LogP contribution is 2.32. The number of nitrogens with two attached hydrogens (primary N) is 1. The van der Waals surface area contributed by atoms with Gasteiger partial charge in [-0.1, -0.05) is 45.0 Å². The molecule has 0 aromatic heterocycles. The van der Waals surface area contributed by atoms with Gasteiger partial charge in [0, 0.05) is 0 Å². The third-order valence-electron chi connectivity index (χ3n) is 3.07. The van der Waals surface area contributed by atoms with Crippen LogP contribution in [-0.4, -0.2) is 18.5 Å². The lowest BCUT2D eigenvalue weighted by Gasteiger charge is -2.23. The van der Waals surface area contributed by atoms with E-state index in [4.69, 9.17) is 5.73 Å². The van der Waals surface area contributed by atoms with Gasteiger partial charge in [0.15, 0.2) is 0 Å². The van der Waals surface area contributed by atoms with E-state index in [-0.39, 0.29) is 30.0 Å². The number of carbonyl (C=O) groups excluding carboxylic acids is 1. The van der Waals surface area contributed by atoms with Crippen molar-refractivity contribution >= 4 is 18.4 Å². The van der Waals surface area contributed by atoms with Gasteiger partial charge in [0.1, 0.15) is 6.04 Å². The normalized spacial score (nSPS) is 13.3. The van der Waals surface area contributed by atoms with E-state index in [1.165, 1.54) is 19.1 Å². The Hall–Kier alpha value is -1.20. The second-order valence-corrected chi connectivity index (χ2v) is 5.69. The second kappa shape index (κ2) is 7.18. The zero-order chi connectivity index (χ0) is 15.6. The monoisotopic (exact) mass is 321 g/mol. The Morgan fingerprint density at radius 1 is 1.24 bits per heavy atom. The highest BCUT2D eigenvalue weighted by atomic mass is 35.5. The number of alkyl halides is 2. The minimum absolute atomic E-state index is 0. The highest BCUT2D eigenvalue weighted by molar-refractivity contribution is 5.85. The minimum atomic E-state index is -3.74. The van der Waals surface area contributed by atoms with Crippen LogP contribution in [0.3, 0.4) is 0 Å². The average Bonchev–Trinajstić information content (AvgIpc) is 2.37. The molecule has 3 nitrogen and oxygen atoms in total. The van der Waals surface area contributed by atoms with Gasteiger partial charge in [-0.05, 0) is 23.5 Å². The van der Waals surface area contributed by atoms with Crippen LogP contribution in [0.4, 0.5) is 8.78 Å². The Morgan fingerprint density at radius 2 is 1.71 bits per heavy atom. The summed E-state index contributed by atoms with van der Waals surface area (Å²) >= 11 is 0. The summed E-state index contributed by atoms with van der Waals surface area (Å²) in [6.45, 7) is 7.43. The fourth-order valence-electron chi connectivity index (χ4n) is 1.75. The summed E-state index contributed by atoms with van der Waals surface area (Å²) in [6.07, 6.45) is 0. The zero-order valence-corrected chi connectivity index (χ0v) is 13.5. The van der Waals surface area contributed by atoms with Crippen LogP contribution in [-0.2, 0) is 14.9 Å². The van der Waals surface area contributed by atoms with Crippen molar-refractivity contribution in [2.45, 2.75) is 45.1 Å². The molecule has 0 saturated heterocycles. The van der Waals surface area contributed by atoms with Crippen molar-refractivity contribution in [1.82, 2.24) is 0 Å². The molecule has 0 aliphatic rings. The first-order valence-corrected chi connectivity index (χ1v) is 6.51. The maximum atomic E-state index is 13.8. The van der Waals surface area contributed by atoms with Gasteiger partial charge in [0.2, 0.25) is 0 Å². The molecule has 1 atom stereocenters. The molecule has 1 aromatic carbocycles. The molecule has 6 heteroatoms. The summed E-state index contributed by atoms with van der Waals surface area (Å²) in [4.78, 5) is 11.3. The van der Waals surface area contributed by atoms with E-state index in [0.29, 0.717) is 0 Å². The third-order valence-corrected chi connectivity index (χ3v) is 3.07. The second-order valence-electron chi connectivity index (χ2n) is 5.69. The summed E-state index contributed by atoms with van der Waals surface area (Å²) in [5, 5.41) is 0. The van der Waals surface area contributed by atoms with Crippen LogP contribution in [0.25, 0.3) is 0 Å². The largest absolute Gasteiger partial charge is 0.462 e. The first-order chi connectivity index (χ1) is 9.10. The predicted molar refractivity (Wildman–Crippen MR) is 80.9 cm³/mol. The molecular formula is C15H22ClF2NO2. The lowest BCUT2D eigenvalue weighted by molar-refractivity contribution is -0.174. The minimum Gasteiger partial charge on any atom is -0.462 e. The molecule has 0 bridgehead atoms. The smallest absolute Gasteiger partial charge is 0.379 e. The van der Waals surface area contributed by atoms with Crippen molar-refractivity contribution in [1.29, 1.82) is 0 Å². The van der Waals surface area contributed by atoms with Gasteiger partial charge in [-0.15, -0.1) is 12.4 Å². The Kier molecular flexibility index (Phi) is 6.77. The Balaban J connectivity index is 0.00000400. The van der Waals surface area contributed by atoms with Crippen LogP contribution in [0.15, 0.2) is 24.3 Å². The topological polar surface area (TPSA) is 52.3 Å². The van der Waals surface area contributed by atoms with Gasteiger partial charge in [0.05, 0.1) is 6.61 Å². The Morgan fingerprint density at radius 3 is 2.10 bits per heavy atom. The molecule has 21 heavy (non-hydrogen) atoms. The third kappa shape index (κ3) is 4.64. The number of ether oxygens (including phenoxy) is 1. The molecule has 0 unspecified atom stereocenters. The number of halogens is 3. The summed E-state index contributed by atoms with van der Waals surface area (Å²) in [5.74, 6) is -5.33. The SMILES string of the molecule is CCOC(=O)C(F)(F)[C@H](N)c1ccc(C(C)(C)C)cc1.Cl. The van der Waals surface area contributed by atoms with Gasteiger partial charge in [-0.2, -0.15) is 8.78 Å². The first-order valence-electron chi connectivity index (χ1n) is 6.51. The standard InChI is InChI=1S/C15H21F2NO2.ClH/c1-5-20-13(19)15(16,17)12(18)10-6-8-11(9-7-10)14(2,3)4;/h6-9,12H,5,18H2,1-4H3;1H/t12-;/m1./s1. The molecule has 0 radical (unpaired) electrons. The van der Waals surface area contributed by atoms with Crippen molar-refractivity contribution in [3.05, 3.63) is 35.4 Å². The molecule has 0 aliphatic heterocycles. The van der Waals surface area contributed by atoms with E-state index >= 15 is 0 Å². The van der Waals surface area contributed by atoms with E-state index in [9.17, 15) is 13.6 Å². The van der Waals surface area contributed by atoms with E-state index in [2.05, 4.69) is 4.74 Å². The highest BCUT2D eigenvalue weighted by Gasteiger charge is 2.47. The maximum Gasteiger partial charge on any atom is 0.379 e. The van der Waals surface area contributed by atoms with Gasteiger partial charge >= 0.3 is 11.9 Å². The Labute approximate surface area is 130 Å². The molecule has 0 saturated carbocycles. The number of rotatable bonds is 4. The summed E-state index contributed by atoms with van der Waals surface area (Å²) < 4.78 is 32.0. The fourth-order valence-corrected chi connectivity index (χ4v) is 1.75. The van der Waals surface area contributed by atoms with Crippen molar-refractivity contribution < 1.29 is 18.3 Å². The van der Waals surface area contributed by atoms with Crippen molar-refractivity contribution in [2.24, 2.45) is 5.73 Å². The van der Waals surface area contributed by atoms with Crippen molar-refractivity contribution in [3.63, 3.8) is 0 Å². The molecular weight excluding hydrogens is 300 g/mol. The molecule has 120 valence electrons. The maximum absolute atomic E-state index is 13.8. The molecule has 2 N–H and O–H groups in total. The fraction of sp³-hybridized carbons (Fsp3) is 0.533. The molecule has 1 aromatic rings. The number of hydrogen-bond donors (Lipinski definition) is 1. The van der Waals surface area contributed by atoms with Crippen molar-refractivity contribution in [2.75, 3.05) is 6.61 Å².